The highest BCUT2D eigenvalue weighted by molar-refractivity contribution is 5.76. The molecule has 0 aromatic carbocycles. The number of rotatable bonds is 54. The molecule has 0 bridgehead atoms. The predicted octanol–water partition coefficient (Wildman–Crippen LogP) is -7.38. The van der Waals surface area contributed by atoms with Crippen molar-refractivity contribution in [3.63, 3.8) is 0 Å². The van der Waals surface area contributed by atoms with Gasteiger partial charge in [0.05, 0.1) is 171 Å². The monoisotopic (exact) mass is 1160 g/mol. The van der Waals surface area contributed by atoms with E-state index in [2.05, 4.69) is 16.0 Å². The molecule has 1 rings (SSSR count). The standard InChI is InChI=1S/C48H93N3O28/c1-34(56)37(29-54)78-46(36(58)28-53)76-25-22-70-19-16-67-13-7-50-40(60)4-10-73-32-48(2,31-72-9-3-39(59)49-6-12-66-15-18-69-21-24-75-45(65)35(57)27-52)33-74-11-5-41(61)51-8-14-68-17-20-71-23-26-77-47-44(64)43(63)42(62)38(30-55)79-47/h34-38,42-47,52-58,62-65H,3-33H2,1-2H3,(H,49,59)(H,50,60)(H,51,61)/t34-,35+,36+,37?,38?,42?,43?,44?,45?,46?,47?,48?/m0/s1. The van der Waals surface area contributed by atoms with E-state index in [9.17, 15) is 65.4 Å². The smallest absolute Gasteiger partial charge is 0.222 e. The maximum absolute atomic E-state index is 12.5. The fourth-order valence-corrected chi connectivity index (χ4v) is 6.48. The number of carbonyl (C=O) groups excluding carboxylic acids is 3. The van der Waals surface area contributed by atoms with E-state index in [-0.39, 0.29) is 195 Å². The van der Waals surface area contributed by atoms with Gasteiger partial charge in [0.15, 0.2) is 18.9 Å². The Bertz CT molecular complexity index is 1480. The van der Waals surface area contributed by atoms with E-state index in [0.717, 1.165) is 0 Å². The lowest BCUT2D eigenvalue weighted by atomic mass is 9.94. The Hall–Kier alpha value is -2.59. The molecule has 0 aromatic rings. The van der Waals surface area contributed by atoms with Gasteiger partial charge in [-0.05, 0) is 6.92 Å². The Labute approximate surface area is 460 Å². The van der Waals surface area contributed by atoms with Gasteiger partial charge >= 0.3 is 0 Å². The Balaban J connectivity index is 2.39. The quantitative estimate of drug-likeness (QED) is 0.0199. The minimum absolute atomic E-state index is 0.00190. The van der Waals surface area contributed by atoms with Gasteiger partial charge in [0.2, 0.25) is 17.7 Å². The van der Waals surface area contributed by atoms with Crippen LogP contribution in [-0.4, -0.2) is 326 Å². The summed E-state index contributed by atoms with van der Waals surface area (Å²) >= 11 is 0. The normalized spacial score (nSPS) is 20.7. The molecule has 0 radical (unpaired) electrons. The molecule has 0 aromatic heterocycles. The summed E-state index contributed by atoms with van der Waals surface area (Å²) in [6, 6.07) is 0. The maximum atomic E-state index is 12.5. The minimum atomic E-state index is -1.54. The van der Waals surface area contributed by atoms with Crippen LogP contribution in [0.1, 0.15) is 33.1 Å². The van der Waals surface area contributed by atoms with Crippen molar-refractivity contribution in [2.75, 3.05) is 185 Å². The number of ether oxygens (including phenoxy) is 14. The van der Waals surface area contributed by atoms with Crippen LogP contribution in [0.5, 0.6) is 0 Å². The van der Waals surface area contributed by atoms with Crippen molar-refractivity contribution >= 4 is 17.7 Å². The van der Waals surface area contributed by atoms with Crippen LogP contribution in [0.4, 0.5) is 0 Å². The predicted molar refractivity (Wildman–Crippen MR) is 270 cm³/mol. The van der Waals surface area contributed by atoms with E-state index in [1.807, 2.05) is 6.92 Å². The fraction of sp³-hybridized carbons (Fsp3) is 0.938. The largest absolute Gasteiger partial charge is 0.394 e. The van der Waals surface area contributed by atoms with Crippen LogP contribution in [0.15, 0.2) is 0 Å². The number of amides is 3. The number of carbonyl (C=O) groups is 3. The molecule has 0 spiro atoms. The first-order chi connectivity index (χ1) is 38.0. The summed E-state index contributed by atoms with van der Waals surface area (Å²) in [5.74, 6) is -0.823. The lowest BCUT2D eigenvalue weighted by Crippen LogP contribution is -2.59. The van der Waals surface area contributed by atoms with Crippen molar-refractivity contribution in [1.29, 1.82) is 0 Å². The molecule has 0 saturated carbocycles. The van der Waals surface area contributed by atoms with Crippen molar-refractivity contribution in [3.05, 3.63) is 0 Å². The number of hydrogen-bond acceptors (Lipinski definition) is 28. The second-order valence-corrected chi connectivity index (χ2v) is 18.1. The zero-order valence-electron chi connectivity index (χ0n) is 45.6. The van der Waals surface area contributed by atoms with Gasteiger partial charge in [-0.2, -0.15) is 0 Å². The summed E-state index contributed by atoms with van der Waals surface area (Å²) in [5.41, 5.74) is -0.742. The van der Waals surface area contributed by atoms with E-state index >= 15 is 0 Å². The Morgan fingerprint density at radius 3 is 1.30 bits per heavy atom. The van der Waals surface area contributed by atoms with Crippen molar-refractivity contribution in [3.8, 4) is 0 Å². The molecule has 1 saturated heterocycles. The van der Waals surface area contributed by atoms with E-state index in [4.69, 9.17) is 71.4 Å². The van der Waals surface area contributed by atoms with E-state index in [1.54, 1.807) is 0 Å². The van der Waals surface area contributed by atoms with Crippen molar-refractivity contribution in [2.45, 2.75) is 101 Å². The highest BCUT2D eigenvalue weighted by Crippen LogP contribution is 2.22. The third-order valence-corrected chi connectivity index (χ3v) is 11.0. The van der Waals surface area contributed by atoms with Crippen LogP contribution < -0.4 is 16.0 Å². The molecule has 14 N–H and O–H groups in total. The molecule has 9 unspecified atom stereocenters. The summed E-state index contributed by atoms with van der Waals surface area (Å²) in [5, 5.41) is 113. The van der Waals surface area contributed by atoms with Gasteiger partial charge in [-0.1, -0.05) is 6.92 Å². The molecule has 3 amide bonds. The fourth-order valence-electron chi connectivity index (χ4n) is 6.48. The van der Waals surface area contributed by atoms with Crippen molar-refractivity contribution < 1.29 is 137 Å². The van der Waals surface area contributed by atoms with Crippen LogP contribution >= 0.6 is 0 Å². The SMILES string of the molecule is C[C@H](O)C(CO)OC(OCCOCCOCCNC(=O)CCOCC(C)(COCCC(=O)NCCOCCOCCOC1OC(CO)C(O)C(O)C1O)COCCC(=O)NCCOCCOCCOC(O)[C@H](O)CO)[C@H](O)CO. The summed E-state index contributed by atoms with van der Waals surface area (Å²) in [6.07, 6.45) is -14.4. The van der Waals surface area contributed by atoms with Crippen LogP contribution in [0, 0.1) is 5.41 Å². The molecular weight excluding hydrogens is 1070 g/mol. The molecule has 1 aliphatic heterocycles. The highest BCUT2D eigenvalue weighted by atomic mass is 16.7. The second-order valence-electron chi connectivity index (χ2n) is 18.1. The lowest BCUT2D eigenvalue weighted by molar-refractivity contribution is -0.302. The third-order valence-electron chi connectivity index (χ3n) is 11.0. The first-order valence-electron chi connectivity index (χ1n) is 26.4. The Morgan fingerprint density at radius 2 is 0.899 bits per heavy atom. The van der Waals surface area contributed by atoms with Gasteiger partial charge in [0.25, 0.3) is 0 Å². The number of aliphatic hydroxyl groups excluding tert-OH is 11. The van der Waals surface area contributed by atoms with Crippen LogP contribution in [0.3, 0.4) is 0 Å². The van der Waals surface area contributed by atoms with Crippen LogP contribution in [-0.2, 0) is 80.7 Å². The Kier molecular flexibility index (Phi) is 45.1. The summed E-state index contributed by atoms with van der Waals surface area (Å²) in [4.78, 5) is 37.4. The molecular formula is C48H93N3O28. The summed E-state index contributed by atoms with van der Waals surface area (Å²) in [6.45, 7) is 4.31. The van der Waals surface area contributed by atoms with Gasteiger partial charge < -0.3 is 138 Å². The van der Waals surface area contributed by atoms with Crippen molar-refractivity contribution in [1.82, 2.24) is 16.0 Å². The molecule has 12 atom stereocenters. The molecule has 1 heterocycles. The molecule has 468 valence electrons. The number of hydrogen-bond donors (Lipinski definition) is 14. The van der Waals surface area contributed by atoms with E-state index in [0.29, 0.717) is 0 Å². The molecule has 0 aliphatic carbocycles. The first-order valence-corrected chi connectivity index (χ1v) is 26.4. The van der Waals surface area contributed by atoms with Gasteiger partial charge in [-0.15, -0.1) is 0 Å². The van der Waals surface area contributed by atoms with Gasteiger partial charge in [-0.25, -0.2) is 0 Å². The number of nitrogens with one attached hydrogen (secondary N) is 3. The first kappa shape index (κ1) is 74.4. The molecule has 79 heavy (non-hydrogen) atoms. The summed E-state index contributed by atoms with van der Waals surface area (Å²) in [7, 11) is 0. The average molecular weight is 1160 g/mol. The van der Waals surface area contributed by atoms with Crippen LogP contribution in [0.25, 0.3) is 0 Å². The molecule has 1 fully saturated rings. The zero-order chi connectivity index (χ0) is 58.5. The number of aliphatic hydroxyl groups is 11. The lowest BCUT2D eigenvalue weighted by Gasteiger charge is -2.39. The van der Waals surface area contributed by atoms with E-state index < -0.39 is 99.5 Å². The van der Waals surface area contributed by atoms with Gasteiger partial charge in [0.1, 0.15) is 42.7 Å². The average Bonchev–Trinajstić information content (AvgIpc) is 3.44. The highest BCUT2D eigenvalue weighted by Gasteiger charge is 2.44. The Morgan fingerprint density at radius 1 is 0.494 bits per heavy atom. The van der Waals surface area contributed by atoms with Crippen molar-refractivity contribution in [2.24, 2.45) is 5.41 Å². The zero-order valence-corrected chi connectivity index (χ0v) is 45.6. The molecule has 31 nitrogen and oxygen atoms in total. The van der Waals surface area contributed by atoms with Crippen LogP contribution in [0.2, 0.25) is 0 Å². The maximum Gasteiger partial charge on any atom is 0.222 e. The van der Waals surface area contributed by atoms with E-state index in [1.165, 1.54) is 6.92 Å². The molecule has 31 heteroatoms. The van der Waals surface area contributed by atoms with Gasteiger partial charge in [-0.3, -0.25) is 14.4 Å². The van der Waals surface area contributed by atoms with Gasteiger partial charge in [0, 0.05) is 44.3 Å². The third kappa shape index (κ3) is 37.3. The minimum Gasteiger partial charge on any atom is -0.394 e. The second kappa shape index (κ2) is 47.9. The molecule has 1 aliphatic rings. The topological polar surface area (TPSA) is 439 Å². The summed E-state index contributed by atoms with van der Waals surface area (Å²) < 4.78 is 76.3.